The molecule has 0 spiro atoms. The number of rotatable bonds is 6. The van der Waals surface area contributed by atoms with Crippen molar-refractivity contribution in [1.82, 2.24) is 10.4 Å². The molecular formula is C22H25N5O3. The van der Waals surface area contributed by atoms with E-state index in [1.54, 1.807) is 19.4 Å². The van der Waals surface area contributed by atoms with Crippen LogP contribution in [0.25, 0.3) is 11.1 Å². The molecule has 2 aromatic carbocycles. The van der Waals surface area contributed by atoms with Crippen molar-refractivity contribution in [3.05, 3.63) is 71.4 Å². The summed E-state index contributed by atoms with van der Waals surface area (Å²) < 4.78 is 11.2. The van der Waals surface area contributed by atoms with Crippen LogP contribution in [0, 0.1) is 13.8 Å². The molecule has 0 unspecified atom stereocenters. The average Bonchev–Trinajstić information content (AvgIpc) is 2.78. The molecule has 0 saturated heterocycles. The molecule has 2 amide bonds. The lowest BCUT2D eigenvalue weighted by Gasteiger charge is -2.21. The lowest BCUT2D eigenvalue weighted by molar-refractivity contribution is 0.246. The number of anilines is 1. The Labute approximate surface area is 175 Å². The predicted octanol–water partition coefficient (Wildman–Crippen LogP) is 3.22. The van der Waals surface area contributed by atoms with Gasteiger partial charge in [0.05, 0.1) is 12.8 Å². The van der Waals surface area contributed by atoms with Gasteiger partial charge in [0.15, 0.2) is 0 Å². The summed E-state index contributed by atoms with van der Waals surface area (Å²) in [6.45, 7) is 4.19. The first-order valence-electron chi connectivity index (χ1n) is 9.32. The second-order valence-electron chi connectivity index (χ2n) is 6.75. The molecule has 5 N–H and O–H groups in total. The summed E-state index contributed by atoms with van der Waals surface area (Å²) in [6.07, 6.45) is 1.77. The summed E-state index contributed by atoms with van der Waals surface area (Å²) >= 11 is 0. The molecule has 0 radical (unpaired) electrons. The third-order valence-corrected chi connectivity index (χ3v) is 4.84. The largest absolute Gasteiger partial charge is 0.489 e. The first-order chi connectivity index (χ1) is 14.4. The van der Waals surface area contributed by atoms with Crippen molar-refractivity contribution in [2.45, 2.75) is 20.5 Å². The molecule has 1 aromatic heterocycles. The fourth-order valence-electron chi connectivity index (χ4n) is 3.10. The lowest BCUT2D eigenvalue weighted by Crippen LogP contribution is -2.48. The van der Waals surface area contributed by atoms with Crippen LogP contribution < -0.4 is 31.6 Å². The summed E-state index contributed by atoms with van der Waals surface area (Å²) in [5, 5.41) is 0.968. The molecular weight excluding hydrogens is 382 g/mol. The average molecular weight is 407 g/mol. The quantitative estimate of drug-likeness (QED) is 0.328. The van der Waals surface area contributed by atoms with Crippen LogP contribution in [0.4, 0.5) is 10.5 Å². The Balaban J connectivity index is 1.85. The number of nitrogens with zero attached hydrogens (tertiary/aromatic N) is 2. The van der Waals surface area contributed by atoms with E-state index < -0.39 is 6.03 Å². The van der Waals surface area contributed by atoms with Gasteiger partial charge in [-0.3, -0.25) is 5.43 Å². The number of aryl methyl sites for hydroxylation is 2. The van der Waals surface area contributed by atoms with E-state index >= 15 is 0 Å². The monoisotopic (exact) mass is 407 g/mol. The van der Waals surface area contributed by atoms with Gasteiger partial charge in [0.2, 0.25) is 5.88 Å². The minimum Gasteiger partial charge on any atom is -0.489 e. The van der Waals surface area contributed by atoms with Gasteiger partial charge in [-0.25, -0.2) is 26.5 Å². The van der Waals surface area contributed by atoms with E-state index in [9.17, 15) is 4.79 Å². The van der Waals surface area contributed by atoms with Crippen LogP contribution >= 0.6 is 0 Å². The van der Waals surface area contributed by atoms with Crippen molar-refractivity contribution >= 4 is 11.7 Å². The molecule has 30 heavy (non-hydrogen) atoms. The maximum atomic E-state index is 11.8. The minimum absolute atomic E-state index is 0.233. The number of ether oxygens (including phenoxy) is 2. The van der Waals surface area contributed by atoms with Gasteiger partial charge in [0.25, 0.3) is 0 Å². The topological polar surface area (TPSA) is 116 Å². The highest BCUT2D eigenvalue weighted by molar-refractivity contribution is 5.91. The van der Waals surface area contributed by atoms with E-state index in [2.05, 4.69) is 4.98 Å². The van der Waals surface area contributed by atoms with Crippen LogP contribution in [0.3, 0.4) is 0 Å². The Bertz CT molecular complexity index is 1040. The number of pyridine rings is 1. The van der Waals surface area contributed by atoms with Gasteiger partial charge in [-0.05, 0) is 54.8 Å². The minimum atomic E-state index is -0.619. The number of benzene rings is 2. The molecule has 0 aliphatic rings. The Morgan fingerprint density at radius 3 is 2.60 bits per heavy atom. The molecule has 3 aromatic rings. The summed E-state index contributed by atoms with van der Waals surface area (Å²) in [5.41, 5.74) is 7.35. The van der Waals surface area contributed by atoms with Gasteiger partial charge in [-0.2, -0.15) is 0 Å². The summed E-state index contributed by atoms with van der Waals surface area (Å²) in [5.74, 6) is 12.3. The van der Waals surface area contributed by atoms with Crippen molar-refractivity contribution in [3.8, 4) is 22.8 Å². The van der Waals surface area contributed by atoms with Crippen molar-refractivity contribution in [3.63, 3.8) is 0 Å². The molecule has 0 atom stereocenters. The van der Waals surface area contributed by atoms with Crippen molar-refractivity contribution in [2.75, 3.05) is 12.1 Å². The summed E-state index contributed by atoms with van der Waals surface area (Å²) in [4.78, 5) is 16.1. The highest BCUT2D eigenvalue weighted by Gasteiger charge is 2.16. The summed E-state index contributed by atoms with van der Waals surface area (Å²) in [6, 6.07) is 14.5. The van der Waals surface area contributed by atoms with Gasteiger partial charge >= 0.3 is 6.03 Å². The van der Waals surface area contributed by atoms with E-state index in [1.165, 1.54) is 0 Å². The zero-order valence-electron chi connectivity index (χ0n) is 17.2. The molecule has 0 aliphatic heterocycles. The molecule has 8 heteroatoms. The molecule has 8 nitrogen and oxygen atoms in total. The third-order valence-electron chi connectivity index (χ3n) is 4.84. The van der Waals surface area contributed by atoms with E-state index in [0.717, 1.165) is 32.8 Å². The Hall–Kier alpha value is -3.62. The molecule has 0 saturated carbocycles. The molecule has 0 aliphatic carbocycles. The fourth-order valence-corrected chi connectivity index (χ4v) is 3.10. The number of hydrogen-bond donors (Lipinski definition) is 3. The van der Waals surface area contributed by atoms with Crippen LogP contribution in [0.15, 0.2) is 54.7 Å². The molecule has 0 bridgehead atoms. The van der Waals surface area contributed by atoms with Crippen LogP contribution in [-0.2, 0) is 6.61 Å². The van der Waals surface area contributed by atoms with Gasteiger partial charge in [-0.15, -0.1) is 0 Å². The fraction of sp³-hybridized carbons (Fsp3) is 0.182. The van der Waals surface area contributed by atoms with E-state index in [-0.39, 0.29) is 6.61 Å². The number of methoxy groups -OCH3 is 1. The number of carbonyl (C=O) groups excluding carboxylic acids is 1. The van der Waals surface area contributed by atoms with Gasteiger partial charge in [0.1, 0.15) is 12.4 Å². The highest BCUT2D eigenvalue weighted by Crippen LogP contribution is 2.30. The number of hydrazine groups is 2. The number of urea groups is 1. The molecule has 3 rings (SSSR count). The number of nitrogens with two attached hydrogens (primary N) is 2. The number of nitrogens with one attached hydrogen (secondary N) is 1. The zero-order chi connectivity index (χ0) is 21.7. The number of carbonyl (C=O) groups is 1. The van der Waals surface area contributed by atoms with Gasteiger partial charge < -0.3 is 9.47 Å². The number of amides is 2. The Morgan fingerprint density at radius 1 is 1.13 bits per heavy atom. The standard InChI is InChI=1S/C22H25N5O3/c1-14-5-4-6-20(27(24)22(28)26-23)19(14)13-30-17-9-7-15(2)18(11-17)16-8-10-21(29-3)25-12-16/h4-12H,13,23-24H2,1-3H3,(H,26,28). The van der Waals surface area contributed by atoms with Crippen LogP contribution in [0.2, 0.25) is 0 Å². The van der Waals surface area contributed by atoms with Gasteiger partial charge in [0, 0.05) is 23.4 Å². The maximum Gasteiger partial charge on any atom is 0.350 e. The summed E-state index contributed by atoms with van der Waals surface area (Å²) in [7, 11) is 1.58. The molecule has 0 fully saturated rings. The second kappa shape index (κ2) is 9.25. The Morgan fingerprint density at radius 2 is 1.93 bits per heavy atom. The Kier molecular flexibility index (Phi) is 6.51. The van der Waals surface area contributed by atoms with Crippen molar-refractivity contribution in [2.24, 2.45) is 11.7 Å². The highest BCUT2D eigenvalue weighted by atomic mass is 16.5. The van der Waals surface area contributed by atoms with Crippen LogP contribution in [0.1, 0.15) is 16.7 Å². The lowest BCUT2D eigenvalue weighted by atomic mass is 10.0. The zero-order valence-corrected chi connectivity index (χ0v) is 17.2. The van der Waals surface area contributed by atoms with Crippen LogP contribution in [0.5, 0.6) is 11.6 Å². The van der Waals surface area contributed by atoms with E-state index in [0.29, 0.717) is 17.3 Å². The first kappa shape index (κ1) is 21.1. The van der Waals surface area contributed by atoms with E-state index in [4.69, 9.17) is 21.2 Å². The van der Waals surface area contributed by atoms with Gasteiger partial charge in [-0.1, -0.05) is 18.2 Å². The van der Waals surface area contributed by atoms with E-state index in [1.807, 2.05) is 61.7 Å². The van der Waals surface area contributed by atoms with Crippen molar-refractivity contribution < 1.29 is 14.3 Å². The van der Waals surface area contributed by atoms with Crippen molar-refractivity contribution in [1.29, 1.82) is 0 Å². The maximum absolute atomic E-state index is 11.8. The number of aromatic nitrogens is 1. The predicted molar refractivity (Wildman–Crippen MR) is 116 cm³/mol. The molecule has 1 heterocycles. The number of hydrogen-bond acceptors (Lipinski definition) is 6. The molecule has 156 valence electrons. The van der Waals surface area contributed by atoms with Crippen LogP contribution in [-0.4, -0.2) is 18.1 Å². The normalized spacial score (nSPS) is 10.4. The second-order valence-corrected chi connectivity index (χ2v) is 6.75. The first-order valence-corrected chi connectivity index (χ1v) is 9.32. The third kappa shape index (κ3) is 4.51. The SMILES string of the molecule is COc1ccc(-c2cc(OCc3c(C)cccc3N(N)C(=O)NN)ccc2C)cn1. The smallest absolute Gasteiger partial charge is 0.350 e.